The topological polar surface area (TPSA) is 139 Å². The van der Waals surface area contributed by atoms with Crippen LogP contribution in [0.4, 0.5) is 16.2 Å². The Labute approximate surface area is 153 Å². The van der Waals surface area contributed by atoms with Crippen LogP contribution in [0.25, 0.3) is 10.8 Å². The molecule has 3 amide bonds. The fourth-order valence-corrected chi connectivity index (χ4v) is 2.66. The van der Waals surface area contributed by atoms with Gasteiger partial charge in [0.2, 0.25) is 0 Å². The Balaban J connectivity index is 2.00. The van der Waals surface area contributed by atoms with Gasteiger partial charge in [0.15, 0.2) is 5.69 Å². The van der Waals surface area contributed by atoms with Gasteiger partial charge in [0, 0.05) is 16.8 Å². The summed E-state index contributed by atoms with van der Waals surface area (Å²) in [6.07, 6.45) is 0. The number of benzene rings is 2. The minimum Gasteiger partial charge on any atom is -0.394 e. The van der Waals surface area contributed by atoms with Crippen LogP contribution >= 0.6 is 0 Å². The lowest BCUT2D eigenvalue weighted by Gasteiger charge is -2.11. The van der Waals surface area contributed by atoms with E-state index in [0.29, 0.717) is 22.1 Å². The number of carbonyl (C=O) groups is 2. The second kappa shape index (κ2) is 7.67. The third kappa shape index (κ3) is 3.93. The first-order valence-corrected chi connectivity index (χ1v) is 8.08. The van der Waals surface area contributed by atoms with Crippen LogP contribution in [-0.4, -0.2) is 33.4 Å². The van der Waals surface area contributed by atoms with Gasteiger partial charge in [-0.2, -0.15) is 5.10 Å². The Bertz CT molecular complexity index is 1080. The molecule has 9 nitrogen and oxygen atoms in total. The number of primary amides is 1. The average molecular weight is 367 g/mol. The maximum absolute atomic E-state index is 12.8. The first-order chi connectivity index (χ1) is 13.0. The summed E-state index contributed by atoms with van der Waals surface area (Å²) in [6.45, 7) is -0.310. The first-order valence-electron chi connectivity index (χ1n) is 8.08. The van der Waals surface area contributed by atoms with E-state index in [4.69, 9.17) is 10.8 Å². The number of rotatable bonds is 5. The molecular formula is C18H17N5O4. The van der Waals surface area contributed by atoms with Crippen molar-refractivity contribution < 1.29 is 14.7 Å². The van der Waals surface area contributed by atoms with Crippen molar-refractivity contribution in [2.75, 3.05) is 17.2 Å². The molecule has 138 valence electrons. The first kappa shape index (κ1) is 18.1. The molecule has 27 heavy (non-hydrogen) atoms. The van der Waals surface area contributed by atoms with Crippen LogP contribution in [0.15, 0.2) is 53.3 Å². The molecule has 0 spiro atoms. The molecule has 1 aromatic heterocycles. The molecule has 0 bridgehead atoms. The van der Waals surface area contributed by atoms with E-state index in [1.807, 2.05) is 0 Å². The van der Waals surface area contributed by atoms with Crippen molar-refractivity contribution >= 4 is 34.1 Å². The molecule has 9 heteroatoms. The van der Waals surface area contributed by atoms with Crippen LogP contribution in [0.3, 0.4) is 0 Å². The molecule has 1 heterocycles. The highest BCUT2D eigenvalue weighted by Gasteiger charge is 2.17. The predicted molar refractivity (Wildman–Crippen MR) is 101 cm³/mol. The summed E-state index contributed by atoms with van der Waals surface area (Å²) in [5.74, 6) is -0.533. The number of hydrogen-bond acceptors (Lipinski definition) is 5. The lowest BCUT2D eigenvalue weighted by molar-refractivity contribution is 0.102. The summed E-state index contributed by atoms with van der Waals surface area (Å²) in [7, 11) is 0. The summed E-state index contributed by atoms with van der Waals surface area (Å²) < 4.78 is 1.06. The molecule has 0 atom stereocenters. The van der Waals surface area contributed by atoms with Crippen molar-refractivity contribution in [1.82, 2.24) is 9.78 Å². The molecule has 3 rings (SSSR count). The zero-order valence-electron chi connectivity index (χ0n) is 14.2. The number of fused-ring (bicyclic) bond motifs is 1. The summed E-state index contributed by atoms with van der Waals surface area (Å²) >= 11 is 0. The minimum atomic E-state index is -0.720. The largest absolute Gasteiger partial charge is 0.394 e. The second-order valence-electron chi connectivity index (χ2n) is 5.67. The van der Waals surface area contributed by atoms with E-state index in [0.717, 1.165) is 4.68 Å². The SMILES string of the molecule is NC(=O)Nc1cccc(NC(=O)c2nn(CCO)c(=O)c3ccccc23)c1. The summed E-state index contributed by atoms with van der Waals surface area (Å²) in [5, 5.41) is 19.1. The van der Waals surface area contributed by atoms with Gasteiger partial charge in [-0.05, 0) is 24.3 Å². The lowest BCUT2D eigenvalue weighted by atomic mass is 10.1. The number of amides is 3. The van der Waals surface area contributed by atoms with E-state index in [2.05, 4.69) is 15.7 Å². The van der Waals surface area contributed by atoms with Gasteiger partial charge in [-0.1, -0.05) is 24.3 Å². The predicted octanol–water partition coefficient (Wildman–Crippen LogP) is 1.13. The molecule has 0 saturated carbocycles. The van der Waals surface area contributed by atoms with E-state index in [1.54, 1.807) is 42.5 Å². The lowest BCUT2D eigenvalue weighted by Crippen LogP contribution is -2.28. The number of nitrogens with zero attached hydrogens (tertiary/aromatic N) is 2. The normalized spacial score (nSPS) is 10.6. The number of nitrogens with two attached hydrogens (primary N) is 1. The van der Waals surface area contributed by atoms with Gasteiger partial charge < -0.3 is 21.5 Å². The summed E-state index contributed by atoms with van der Waals surface area (Å²) in [5.41, 5.74) is 5.58. The zero-order chi connectivity index (χ0) is 19.4. The fraction of sp³-hybridized carbons (Fsp3) is 0.111. The van der Waals surface area contributed by atoms with Crippen molar-refractivity contribution in [3.8, 4) is 0 Å². The van der Waals surface area contributed by atoms with Crippen molar-refractivity contribution in [3.05, 3.63) is 64.6 Å². The average Bonchev–Trinajstić information content (AvgIpc) is 2.64. The van der Waals surface area contributed by atoms with E-state index in [1.165, 1.54) is 6.07 Å². The van der Waals surface area contributed by atoms with Gasteiger partial charge in [0.25, 0.3) is 11.5 Å². The Hall–Kier alpha value is -3.72. The maximum atomic E-state index is 12.8. The molecule has 3 aromatic rings. The quantitative estimate of drug-likeness (QED) is 0.535. The molecule has 0 radical (unpaired) electrons. The van der Waals surface area contributed by atoms with Gasteiger partial charge in [0.05, 0.1) is 18.5 Å². The molecule has 5 N–H and O–H groups in total. The Morgan fingerprint density at radius 2 is 1.70 bits per heavy atom. The van der Waals surface area contributed by atoms with Crippen LogP contribution in [0.5, 0.6) is 0 Å². The Morgan fingerprint density at radius 1 is 1.04 bits per heavy atom. The van der Waals surface area contributed by atoms with Crippen LogP contribution in [0.1, 0.15) is 10.5 Å². The van der Waals surface area contributed by atoms with Crippen molar-refractivity contribution in [3.63, 3.8) is 0 Å². The maximum Gasteiger partial charge on any atom is 0.316 e. The molecular weight excluding hydrogens is 350 g/mol. The number of nitrogens with one attached hydrogen (secondary N) is 2. The summed E-state index contributed by atoms with van der Waals surface area (Å²) in [4.78, 5) is 36.1. The van der Waals surface area contributed by atoms with Gasteiger partial charge in [-0.3, -0.25) is 9.59 Å². The highest BCUT2D eigenvalue weighted by molar-refractivity contribution is 6.11. The zero-order valence-corrected chi connectivity index (χ0v) is 14.2. The number of hydrogen-bond donors (Lipinski definition) is 4. The van der Waals surface area contributed by atoms with Gasteiger partial charge >= 0.3 is 6.03 Å². The third-order valence-electron chi connectivity index (χ3n) is 3.78. The van der Waals surface area contributed by atoms with E-state index < -0.39 is 11.9 Å². The van der Waals surface area contributed by atoms with Crippen LogP contribution in [-0.2, 0) is 6.54 Å². The Kier molecular flexibility index (Phi) is 5.13. The number of carbonyl (C=O) groups excluding carboxylic acids is 2. The molecule has 0 aliphatic rings. The van der Waals surface area contributed by atoms with Crippen LogP contribution < -0.4 is 21.9 Å². The highest BCUT2D eigenvalue weighted by atomic mass is 16.3. The molecule has 0 fully saturated rings. The van der Waals surface area contributed by atoms with Crippen molar-refractivity contribution in [2.45, 2.75) is 6.54 Å². The number of urea groups is 1. The molecule has 0 aliphatic carbocycles. The monoisotopic (exact) mass is 367 g/mol. The minimum absolute atomic E-state index is 0.0258. The van der Waals surface area contributed by atoms with Gasteiger partial charge in [-0.15, -0.1) is 0 Å². The highest BCUT2D eigenvalue weighted by Crippen LogP contribution is 2.18. The van der Waals surface area contributed by atoms with E-state index in [9.17, 15) is 14.4 Å². The van der Waals surface area contributed by atoms with Gasteiger partial charge in [0.1, 0.15) is 0 Å². The standard InChI is InChI=1S/C18H17N5O4/c19-18(27)21-12-5-3-4-11(10-12)20-16(25)15-13-6-1-2-7-14(13)17(26)23(22-15)8-9-24/h1-7,10,24H,8-9H2,(H,20,25)(H3,19,21,27). The Morgan fingerprint density at radius 3 is 2.37 bits per heavy atom. The number of aliphatic hydroxyl groups is 1. The van der Waals surface area contributed by atoms with E-state index >= 15 is 0 Å². The molecule has 0 saturated heterocycles. The number of aromatic nitrogens is 2. The second-order valence-corrected chi connectivity index (χ2v) is 5.67. The fourth-order valence-electron chi connectivity index (χ4n) is 2.66. The van der Waals surface area contributed by atoms with Crippen molar-refractivity contribution in [2.24, 2.45) is 5.73 Å². The molecule has 2 aromatic carbocycles. The van der Waals surface area contributed by atoms with Crippen LogP contribution in [0, 0.1) is 0 Å². The number of anilines is 2. The van der Waals surface area contributed by atoms with Gasteiger partial charge in [-0.25, -0.2) is 9.48 Å². The third-order valence-corrected chi connectivity index (χ3v) is 3.78. The smallest absolute Gasteiger partial charge is 0.316 e. The van der Waals surface area contributed by atoms with E-state index in [-0.39, 0.29) is 24.4 Å². The van der Waals surface area contributed by atoms with Crippen LogP contribution in [0.2, 0.25) is 0 Å². The molecule has 0 aliphatic heterocycles. The van der Waals surface area contributed by atoms with Crippen molar-refractivity contribution in [1.29, 1.82) is 0 Å². The molecule has 0 unspecified atom stereocenters. The summed E-state index contributed by atoms with van der Waals surface area (Å²) in [6, 6.07) is 12.3. The number of aliphatic hydroxyl groups excluding tert-OH is 1.